The number of ether oxygens (including phenoxy) is 1. The molecule has 0 radical (unpaired) electrons. The summed E-state index contributed by atoms with van der Waals surface area (Å²) >= 11 is 0. The summed E-state index contributed by atoms with van der Waals surface area (Å²) in [6.45, 7) is 2.25. The molecule has 0 bridgehead atoms. The molecule has 0 saturated carbocycles. The number of phenols is 1. The van der Waals surface area contributed by atoms with Gasteiger partial charge >= 0.3 is 0 Å². The summed E-state index contributed by atoms with van der Waals surface area (Å²) in [5.41, 5.74) is 3.54. The molecule has 0 aromatic heterocycles. The van der Waals surface area contributed by atoms with Crippen LogP contribution in [0.4, 0.5) is 5.69 Å². The molecule has 1 aliphatic heterocycles. The number of nitrogens with one attached hydrogen (secondary N) is 1. The molecule has 3 aromatic carbocycles. The molecular weight excluding hydrogens is 430 g/mol. The van der Waals surface area contributed by atoms with Gasteiger partial charge in [-0.05, 0) is 54.0 Å². The highest BCUT2D eigenvalue weighted by Crippen LogP contribution is 2.29. The van der Waals surface area contributed by atoms with E-state index in [1.165, 1.54) is 18.1 Å². The van der Waals surface area contributed by atoms with Crippen LogP contribution >= 0.6 is 0 Å². The maximum Gasteiger partial charge on any atom is 0.282 e. The Balaban J connectivity index is 1.42. The molecular formula is C27H25N3O4. The summed E-state index contributed by atoms with van der Waals surface area (Å²) in [7, 11) is 1.47. The van der Waals surface area contributed by atoms with E-state index >= 15 is 0 Å². The summed E-state index contributed by atoms with van der Waals surface area (Å²) < 4.78 is 5.13. The van der Waals surface area contributed by atoms with Crippen molar-refractivity contribution in [2.75, 3.05) is 12.0 Å². The number of hydrogen-bond donors (Lipinski definition) is 2. The fourth-order valence-corrected chi connectivity index (χ4v) is 3.68. The zero-order valence-corrected chi connectivity index (χ0v) is 19.0. The standard InChI is InChI=1S/C27H25N3O4/c1-18-29-23(14-21-10-13-24(31)25(15-21)34-2)27(33)30(18)22-11-8-19(9-12-22)16-26(32)28-17-20-6-4-3-5-7-20/h3-15,31H,16-17H2,1-2H3,(H,28,32). The van der Waals surface area contributed by atoms with Crippen molar-refractivity contribution in [3.8, 4) is 11.5 Å². The summed E-state index contributed by atoms with van der Waals surface area (Å²) in [6.07, 6.45) is 1.90. The highest BCUT2D eigenvalue weighted by Gasteiger charge is 2.29. The SMILES string of the molecule is COc1cc(C=C2N=C(C)N(c3ccc(CC(=O)NCc4ccccc4)cc3)C2=O)ccc1O. The Morgan fingerprint density at radius 3 is 2.50 bits per heavy atom. The molecule has 2 amide bonds. The summed E-state index contributed by atoms with van der Waals surface area (Å²) in [5, 5.41) is 12.7. The lowest BCUT2D eigenvalue weighted by Gasteiger charge is -2.16. The number of methoxy groups -OCH3 is 1. The number of hydrogen-bond acceptors (Lipinski definition) is 5. The van der Waals surface area contributed by atoms with Gasteiger partial charge in [0.2, 0.25) is 5.91 Å². The Morgan fingerprint density at radius 2 is 1.79 bits per heavy atom. The average molecular weight is 456 g/mol. The van der Waals surface area contributed by atoms with E-state index in [1.54, 1.807) is 25.1 Å². The Bertz CT molecular complexity index is 1260. The molecule has 0 unspecified atom stereocenters. The van der Waals surface area contributed by atoms with Gasteiger partial charge in [0, 0.05) is 6.54 Å². The number of carbonyl (C=O) groups excluding carboxylic acids is 2. The highest BCUT2D eigenvalue weighted by molar-refractivity contribution is 6.28. The minimum atomic E-state index is -0.252. The smallest absolute Gasteiger partial charge is 0.282 e. The lowest BCUT2D eigenvalue weighted by molar-refractivity contribution is -0.120. The molecule has 2 N–H and O–H groups in total. The van der Waals surface area contributed by atoms with Crippen molar-refractivity contribution in [3.63, 3.8) is 0 Å². The number of aliphatic imine (C=N–C) groups is 1. The topological polar surface area (TPSA) is 91.2 Å². The van der Waals surface area contributed by atoms with Crippen LogP contribution in [-0.2, 0) is 22.6 Å². The summed E-state index contributed by atoms with van der Waals surface area (Å²) in [6, 6.07) is 21.9. The third kappa shape index (κ3) is 5.15. The van der Waals surface area contributed by atoms with Crippen molar-refractivity contribution in [1.29, 1.82) is 0 Å². The Kier molecular flexibility index (Phi) is 6.73. The Morgan fingerprint density at radius 1 is 1.06 bits per heavy atom. The second-order valence-electron chi connectivity index (χ2n) is 7.87. The number of benzene rings is 3. The first-order chi connectivity index (χ1) is 16.4. The minimum Gasteiger partial charge on any atom is -0.504 e. The molecule has 0 atom stereocenters. The lowest BCUT2D eigenvalue weighted by atomic mass is 10.1. The monoisotopic (exact) mass is 455 g/mol. The van der Waals surface area contributed by atoms with Crippen molar-refractivity contribution in [2.45, 2.75) is 19.9 Å². The summed E-state index contributed by atoms with van der Waals surface area (Å²) in [5.74, 6) is 0.577. The first-order valence-electron chi connectivity index (χ1n) is 10.8. The van der Waals surface area contributed by atoms with Gasteiger partial charge in [-0.2, -0.15) is 0 Å². The second-order valence-corrected chi connectivity index (χ2v) is 7.87. The number of amidine groups is 1. The first-order valence-corrected chi connectivity index (χ1v) is 10.8. The van der Waals surface area contributed by atoms with Crippen LogP contribution in [0, 0.1) is 0 Å². The molecule has 3 aromatic rings. The zero-order chi connectivity index (χ0) is 24.1. The molecule has 0 fully saturated rings. The third-order valence-electron chi connectivity index (χ3n) is 5.43. The van der Waals surface area contributed by atoms with Crippen LogP contribution in [0.2, 0.25) is 0 Å². The van der Waals surface area contributed by atoms with E-state index in [0.29, 0.717) is 29.4 Å². The van der Waals surface area contributed by atoms with Crippen LogP contribution in [0.1, 0.15) is 23.6 Å². The normalized spacial score (nSPS) is 14.3. The molecule has 0 aliphatic carbocycles. The van der Waals surface area contributed by atoms with Gasteiger partial charge in [-0.25, -0.2) is 4.99 Å². The molecule has 34 heavy (non-hydrogen) atoms. The van der Waals surface area contributed by atoms with Gasteiger partial charge in [0.05, 0.1) is 19.2 Å². The van der Waals surface area contributed by atoms with E-state index in [4.69, 9.17) is 4.74 Å². The quantitative estimate of drug-likeness (QED) is 0.526. The molecule has 0 spiro atoms. The van der Waals surface area contributed by atoms with Crippen molar-refractivity contribution in [3.05, 3.63) is 95.2 Å². The predicted molar refractivity (Wildman–Crippen MR) is 132 cm³/mol. The lowest BCUT2D eigenvalue weighted by Crippen LogP contribution is -2.30. The highest BCUT2D eigenvalue weighted by atomic mass is 16.5. The van der Waals surface area contributed by atoms with E-state index in [0.717, 1.165) is 11.1 Å². The fraction of sp³-hybridized carbons (Fsp3) is 0.148. The largest absolute Gasteiger partial charge is 0.504 e. The summed E-state index contributed by atoms with van der Waals surface area (Å²) in [4.78, 5) is 31.3. The number of rotatable bonds is 7. The number of carbonyl (C=O) groups is 2. The van der Waals surface area contributed by atoms with Crippen LogP contribution < -0.4 is 15.0 Å². The average Bonchev–Trinajstić information content (AvgIpc) is 3.12. The van der Waals surface area contributed by atoms with Crippen molar-refractivity contribution >= 4 is 29.4 Å². The minimum absolute atomic E-state index is 0.0255. The van der Waals surface area contributed by atoms with Crippen LogP contribution in [0.5, 0.6) is 11.5 Å². The van der Waals surface area contributed by atoms with Gasteiger partial charge in [0.1, 0.15) is 11.5 Å². The van der Waals surface area contributed by atoms with Crippen molar-refractivity contribution < 1.29 is 19.4 Å². The van der Waals surface area contributed by atoms with Gasteiger partial charge in [-0.15, -0.1) is 0 Å². The maximum absolute atomic E-state index is 13.0. The molecule has 172 valence electrons. The number of nitrogens with zero attached hydrogens (tertiary/aromatic N) is 2. The van der Waals surface area contributed by atoms with Crippen LogP contribution in [0.25, 0.3) is 6.08 Å². The molecule has 7 nitrogen and oxygen atoms in total. The number of anilines is 1. The molecule has 0 saturated heterocycles. The van der Waals surface area contributed by atoms with Crippen molar-refractivity contribution in [2.24, 2.45) is 4.99 Å². The van der Waals surface area contributed by atoms with Crippen LogP contribution in [0.15, 0.2) is 83.5 Å². The Hall–Kier alpha value is -4.39. The van der Waals surface area contributed by atoms with E-state index in [2.05, 4.69) is 10.3 Å². The van der Waals surface area contributed by atoms with Gasteiger partial charge < -0.3 is 15.2 Å². The molecule has 4 rings (SSSR count). The van der Waals surface area contributed by atoms with Gasteiger partial charge in [-0.1, -0.05) is 48.5 Å². The fourth-order valence-electron chi connectivity index (χ4n) is 3.68. The van der Waals surface area contributed by atoms with Crippen LogP contribution in [-0.4, -0.2) is 29.9 Å². The predicted octanol–water partition coefficient (Wildman–Crippen LogP) is 4.07. The van der Waals surface area contributed by atoms with Gasteiger partial charge in [-0.3, -0.25) is 14.5 Å². The first kappa shape index (κ1) is 22.8. The molecule has 7 heteroatoms. The third-order valence-corrected chi connectivity index (χ3v) is 5.43. The second kappa shape index (κ2) is 10.0. The zero-order valence-electron chi connectivity index (χ0n) is 19.0. The maximum atomic E-state index is 13.0. The van der Waals surface area contributed by atoms with Crippen LogP contribution in [0.3, 0.4) is 0 Å². The van der Waals surface area contributed by atoms with Gasteiger partial charge in [0.15, 0.2) is 11.5 Å². The molecule has 1 heterocycles. The Labute approximate surface area is 198 Å². The van der Waals surface area contributed by atoms with E-state index in [9.17, 15) is 14.7 Å². The number of phenolic OH excluding ortho intramolecular Hbond substituents is 1. The van der Waals surface area contributed by atoms with Gasteiger partial charge in [0.25, 0.3) is 5.91 Å². The number of amides is 2. The van der Waals surface area contributed by atoms with E-state index in [-0.39, 0.29) is 29.7 Å². The van der Waals surface area contributed by atoms with Crippen molar-refractivity contribution in [1.82, 2.24) is 5.32 Å². The number of aromatic hydroxyl groups is 1. The molecule has 1 aliphatic rings. The van der Waals surface area contributed by atoms with E-state index in [1.807, 2.05) is 54.6 Å². The van der Waals surface area contributed by atoms with E-state index < -0.39 is 0 Å².